The van der Waals surface area contributed by atoms with E-state index in [9.17, 15) is 38.4 Å². The Morgan fingerprint density at radius 2 is 0.740 bits per heavy atom. The second kappa shape index (κ2) is 49.2. The second-order valence-corrected chi connectivity index (χ2v) is 28.5. The molecule has 0 fully saturated rings. The maximum absolute atomic E-state index is 12.7. The van der Waals surface area contributed by atoms with Crippen LogP contribution < -0.4 is 48.9 Å². The van der Waals surface area contributed by atoms with E-state index in [-0.39, 0.29) is 64.9 Å². The summed E-state index contributed by atoms with van der Waals surface area (Å²) in [7, 11) is 5.88. The SMILES string of the molecule is COC(C)(C)C(=O)NC(CCCCN)C(=O)COc1cnc(C)nc1.COC(C)(C)C(=O)NC(CCCCN)C(=O)CSc1cc(C)nc(C)c1.COC(C)(C)C(=O)NC(CCCCN)C(=O)CSc1cccnc1.COC(C)(C)C(=O)NC(CCCCN)C(=O)CSc1cnc(C)nc1. The van der Waals surface area contributed by atoms with Crippen molar-refractivity contribution < 1.29 is 62.0 Å². The second-order valence-electron chi connectivity index (χ2n) is 25.3. The molecule has 0 aliphatic rings. The highest BCUT2D eigenvalue weighted by molar-refractivity contribution is 8.00. The van der Waals surface area contributed by atoms with Crippen LogP contribution in [0.3, 0.4) is 0 Å². The lowest BCUT2D eigenvalue weighted by molar-refractivity contribution is -0.142. The summed E-state index contributed by atoms with van der Waals surface area (Å²) >= 11 is 4.25. The van der Waals surface area contributed by atoms with Gasteiger partial charge in [0.15, 0.2) is 28.9 Å². The molecule has 0 saturated carbocycles. The number of pyridine rings is 2. The van der Waals surface area contributed by atoms with Crippen LogP contribution in [0.2, 0.25) is 0 Å². The average molecular weight is 1460 g/mol. The molecule has 4 aromatic rings. The van der Waals surface area contributed by atoms with E-state index in [4.69, 9.17) is 46.6 Å². The maximum Gasteiger partial charge on any atom is 0.252 e. The zero-order valence-corrected chi connectivity index (χ0v) is 64.2. The van der Waals surface area contributed by atoms with Crippen LogP contribution in [0.15, 0.2) is 76.1 Å². The van der Waals surface area contributed by atoms with Crippen LogP contribution >= 0.6 is 35.3 Å². The number of nitrogens with one attached hydrogen (secondary N) is 4. The zero-order valence-electron chi connectivity index (χ0n) is 61.7. The number of aromatic nitrogens is 6. The molecule has 4 atom stereocenters. The highest BCUT2D eigenvalue weighted by atomic mass is 32.2. The number of unbranched alkanes of at least 4 members (excludes halogenated alkanes) is 4. The summed E-state index contributed by atoms with van der Waals surface area (Å²) in [6.45, 7) is 22.8. The molecular weight excluding hydrogens is 1340 g/mol. The van der Waals surface area contributed by atoms with Crippen LogP contribution in [0.25, 0.3) is 0 Å². The lowest BCUT2D eigenvalue weighted by atomic mass is 10.0. The van der Waals surface area contributed by atoms with E-state index in [0.717, 1.165) is 77.4 Å². The quantitative estimate of drug-likeness (QED) is 0.0174. The average Bonchev–Trinajstić information content (AvgIpc) is 0.907. The summed E-state index contributed by atoms with van der Waals surface area (Å²) in [5.74, 6) is 1.03. The van der Waals surface area contributed by atoms with Gasteiger partial charge >= 0.3 is 0 Å². The Morgan fingerprint density at radius 3 is 1.05 bits per heavy atom. The minimum atomic E-state index is -1.02. The summed E-state index contributed by atoms with van der Waals surface area (Å²) < 4.78 is 26.1. The van der Waals surface area contributed by atoms with E-state index in [2.05, 4.69) is 51.2 Å². The number of ether oxygens (including phenoxy) is 5. The van der Waals surface area contributed by atoms with Gasteiger partial charge in [0.25, 0.3) is 23.6 Å². The number of nitrogens with zero attached hydrogens (tertiary/aromatic N) is 6. The first-order valence-electron chi connectivity index (χ1n) is 33.5. The Bertz CT molecular complexity index is 2960. The number of methoxy groups -OCH3 is 4. The van der Waals surface area contributed by atoms with Crippen LogP contribution in [0.1, 0.15) is 155 Å². The van der Waals surface area contributed by atoms with Crippen LogP contribution in [-0.4, -0.2) is 202 Å². The van der Waals surface area contributed by atoms with Gasteiger partial charge in [0.05, 0.1) is 53.8 Å². The van der Waals surface area contributed by atoms with Crippen molar-refractivity contribution in [1.29, 1.82) is 0 Å². The normalized spacial score (nSPS) is 12.6. The molecule has 0 aliphatic heterocycles. The van der Waals surface area contributed by atoms with Gasteiger partial charge in [-0.2, -0.15) is 0 Å². The third-order valence-corrected chi connectivity index (χ3v) is 18.5. The molecule has 0 saturated heterocycles. The van der Waals surface area contributed by atoms with Gasteiger partial charge < -0.3 is 67.9 Å². The van der Waals surface area contributed by atoms with Gasteiger partial charge in [-0.05, 0) is 211 Å². The predicted molar refractivity (Wildman–Crippen MR) is 393 cm³/mol. The Hall–Kier alpha value is -6.45. The lowest BCUT2D eigenvalue weighted by Gasteiger charge is -2.25. The third kappa shape index (κ3) is 37.5. The fourth-order valence-electron chi connectivity index (χ4n) is 8.17. The molecular formula is C70H114N14O13S3. The minimum Gasteiger partial charge on any atom is -0.483 e. The smallest absolute Gasteiger partial charge is 0.252 e. The number of Topliss-reactive ketones (excluding diaryl/α,β-unsaturated/α-hetero) is 4. The van der Waals surface area contributed by atoms with Crippen molar-refractivity contribution in [2.75, 3.05) is 78.5 Å². The first-order chi connectivity index (χ1) is 47.2. The first kappa shape index (κ1) is 91.6. The van der Waals surface area contributed by atoms with Gasteiger partial charge in [0.2, 0.25) is 0 Å². The van der Waals surface area contributed by atoms with E-state index < -0.39 is 46.6 Å². The number of hydrogen-bond acceptors (Lipinski definition) is 26. The van der Waals surface area contributed by atoms with Gasteiger partial charge in [-0.25, -0.2) is 19.9 Å². The number of carbonyl (C=O) groups excluding carboxylic acids is 8. The van der Waals surface area contributed by atoms with Crippen molar-refractivity contribution in [3.8, 4) is 5.75 Å². The lowest BCUT2D eigenvalue weighted by Crippen LogP contribution is -2.51. The van der Waals surface area contributed by atoms with E-state index in [1.54, 1.807) is 94.0 Å². The Labute approximate surface area is 605 Å². The molecule has 0 aromatic carbocycles. The topological polar surface area (TPSA) is 412 Å². The number of rotatable bonds is 44. The summed E-state index contributed by atoms with van der Waals surface area (Å²) in [5, 5.41) is 11.2. The van der Waals surface area contributed by atoms with Gasteiger partial charge in [0, 0.05) is 79.3 Å². The summed E-state index contributed by atoms with van der Waals surface area (Å²) in [6, 6.07) is 5.40. The third-order valence-electron chi connectivity index (χ3n) is 15.5. The highest BCUT2D eigenvalue weighted by Gasteiger charge is 2.35. The molecule has 100 heavy (non-hydrogen) atoms. The van der Waals surface area contributed by atoms with Gasteiger partial charge in [0.1, 0.15) is 40.7 Å². The van der Waals surface area contributed by atoms with Crippen molar-refractivity contribution in [2.45, 2.75) is 221 Å². The molecule has 4 rings (SSSR count). The largest absolute Gasteiger partial charge is 0.483 e. The Morgan fingerprint density at radius 1 is 0.430 bits per heavy atom. The fourth-order valence-corrected chi connectivity index (χ4v) is 10.8. The molecule has 4 aromatic heterocycles. The van der Waals surface area contributed by atoms with E-state index in [1.165, 1.54) is 76.1 Å². The van der Waals surface area contributed by atoms with E-state index >= 15 is 0 Å². The van der Waals surface area contributed by atoms with Gasteiger partial charge in [-0.1, -0.05) is 0 Å². The number of amides is 4. The molecule has 0 aliphatic carbocycles. The highest BCUT2D eigenvalue weighted by Crippen LogP contribution is 2.23. The molecule has 4 heterocycles. The molecule has 12 N–H and O–H groups in total. The summed E-state index contributed by atoms with van der Waals surface area (Å²) in [4.78, 5) is 127. The van der Waals surface area contributed by atoms with Crippen LogP contribution in [0.4, 0.5) is 0 Å². The molecule has 0 spiro atoms. The molecule has 30 heteroatoms. The molecule has 0 bridgehead atoms. The maximum atomic E-state index is 12.7. The van der Waals surface area contributed by atoms with Crippen molar-refractivity contribution in [3.63, 3.8) is 0 Å². The van der Waals surface area contributed by atoms with Crippen LogP contribution in [-0.2, 0) is 57.3 Å². The molecule has 4 unspecified atom stereocenters. The van der Waals surface area contributed by atoms with Crippen molar-refractivity contribution in [3.05, 3.63) is 84.5 Å². The minimum absolute atomic E-state index is 0.000562. The molecule has 0 radical (unpaired) electrons. The summed E-state index contributed by atoms with van der Waals surface area (Å²) in [5.41, 5.74) is 20.0. The first-order valence-corrected chi connectivity index (χ1v) is 36.4. The van der Waals surface area contributed by atoms with Crippen molar-refractivity contribution in [1.82, 2.24) is 51.2 Å². The number of ketones is 4. The van der Waals surface area contributed by atoms with Gasteiger partial charge in [-0.3, -0.25) is 48.3 Å². The number of carbonyl (C=O) groups is 8. The monoisotopic (exact) mass is 1450 g/mol. The van der Waals surface area contributed by atoms with Crippen molar-refractivity contribution >= 4 is 82.0 Å². The number of thioether (sulfide) groups is 3. The van der Waals surface area contributed by atoms with Crippen molar-refractivity contribution in [2.24, 2.45) is 22.9 Å². The fraction of sp³-hybridized carbons (Fsp3) is 0.629. The van der Waals surface area contributed by atoms with Gasteiger partial charge in [-0.15, -0.1) is 35.3 Å². The standard InChI is InChI=1S/C19H31N3O3S.C17H28N4O4.C17H28N4O3S.C17H27N3O3S/c1-13-10-15(11-14(2)21-13)26-12-17(23)16(8-6-7-9-20)22-18(24)19(3,4)25-5;2*1-12-19-9-13(10-20-12)25-11-15(22)14(7-5-6-8-18)21-16(23)17(2,3)24-4;1-17(2,23-3)16(22)20-14(8-4-5-9-18)15(21)12-24-13-7-6-10-19-11-13/h10-11,16H,6-9,12,20H2,1-5H3,(H,22,24);2*9-10,14H,5-8,11,18H2,1-4H3,(H,21,23);6-7,10-11,14H,4-5,8-9,12,18H2,1-3H3,(H,20,22). The van der Waals surface area contributed by atoms with E-state index in [1.807, 2.05) is 38.1 Å². The molecule has 27 nitrogen and oxygen atoms in total. The Kier molecular flexibility index (Phi) is 45.1. The van der Waals surface area contributed by atoms with Crippen LogP contribution in [0.5, 0.6) is 5.75 Å². The van der Waals surface area contributed by atoms with E-state index in [0.29, 0.717) is 75.0 Å². The Balaban J connectivity index is 0.000000667. The summed E-state index contributed by atoms with van der Waals surface area (Å²) in [6.07, 6.45) is 18.3. The number of hydrogen-bond donors (Lipinski definition) is 8. The van der Waals surface area contributed by atoms with Crippen LogP contribution in [0, 0.1) is 27.7 Å². The zero-order chi connectivity index (χ0) is 75.5. The molecule has 4 amide bonds. The molecule has 560 valence electrons. The number of nitrogens with two attached hydrogens (primary N) is 4. The predicted octanol–water partition coefficient (Wildman–Crippen LogP) is 6.44. The number of aryl methyl sites for hydroxylation is 4.